The van der Waals surface area contributed by atoms with Crippen molar-refractivity contribution < 1.29 is 44.6 Å². The van der Waals surface area contributed by atoms with Crippen LogP contribution in [0, 0.1) is 0 Å². The van der Waals surface area contributed by atoms with Gasteiger partial charge < -0.3 is 5.11 Å². The summed E-state index contributed by atoms with van der Waals surface area (Å²) in [4.78, 5) is 0. The summed E-state index contributed by atoms with van der Waals surface area (Å²) in [6.45, 7) is -0.691. The van der Waals surface area contributed by atoms with Crippen molar-refractivity contribution in [1.29, 1.82) is 0 Å². The third kappa shape index (κ3) is 2.36. The van der Waals surface area contributed by atoms with Crippen molar-refractivity contribution in [2.24, 2.45) is 0 Å². The molecule has 98 valence electrons. The Morgan fingerprint density at radius 3 is 1.38 bits per heavy atom. The minimum atomic E-state index is -6.43. The van der Waals surface area contributed by atoms with Gasteiger partial charge in [-0.3, -0.25) is 0 Å². The summed E-state index contributed by atoms with van der Waals surface area (Å²) in [6, 6.07) is 0. The Morgan fingerprint density at radius 2 is 1.19 bits per heavy atom. The van der Waals surface area contributed by atoms with Gasteiger partial charge in [-0.1, -0.05) is 0 Å². The average molecular weight is 264 g/mol. The summed E-state index contributed by atoms with van der Waals surface area (Å²) < 4.78 is 109. The molecule has 10 heteroatoms. The zero-order chi connectivity index (χ0) is 13.6. The van der Waals surface area contributed by atoms with E-state index in [-0.39, 0.29) is 0 Å². The fraction of sp³-hybridized carbons (Fsp3) is 1.00. The minimum absolute atomic E-state index is 0.691. The third-order valence-corrected chi connectivity index (χ3v) is 1.59. The van der Waals surface area contributed by atoms with Gasteiger partial charge >= 0.3 is 23.9 Å². The van der Waals surface area contributed by atoms with Crippen molar-refractivity contribution in [3.05, 3.63) is 0 Å². The van der Waals surface area contributed by atoms with Gasteiger partial charge in [-0.2, -0.15) is 35.1 Å². The van der Waals surface area contributed by atoms with E-state index in [0.717, 1.165) is 0 Å². The Labute approximate surface area is 82.8 Å². The van der Waals surface area contributed by atoms with Crippen molar-refractivity contribution >= 4 is 0 Å². The fourth-order valence-corrected chi connectivity index (χ4v) is 0.670. The van der Waals surface area contributed by atoms with Crippen molar-refractivity contribution in [3.8, 4) is 0 Å². The fourth-order valence-electron chi connectivity index (χ4n) is 0.670. The zero-order valence-corrected chi connectivity index (χ0v) is 7.43. The average Bonchev–Trinajstić information content (AvgIpc) is 1.98. The predicted molar refractivity (Wildman–Crippen MR) is 32.6 cm³/mol. The zero-order valence-electron chi connectivity index (χ0n) is 7.43. The van der Waals surface area contributed by atoms with Gasteiger partial charge in [0.1, 0.15) is 0 Å². The number of alkyl halides is 9. The van der Waals surface area contributed by atoms with Gasteiger partial charge in [0.25, 0.3) is 6.17 Å². The number of rotatable bonds is 4. The largest absolute Gasteiger partial charge is 0.390 e. The predicted octanol–water partition coefficient (Wildman–Crippen LogP) is 2.84. The highest BCUT2D eigenvalue weighted by Crippen LogP contribution is 2.50. The maximum Gasteiger partial charge on any atom is 0.390 e. The highest BCUT2D eigenvalue weighted by Gasteiger charge is 2.76. The van der Waals surface area contributed by atoms with E-state index in [9.17, 15) is 39.5 Å². The van der Waals surface area contributed by atoms with E-state index in [1.54, 1.807) is 0 Å². The molecule has 0 heterocycles. The molecule has 0 fully saturated rings. The molecule has 0 rings (SSSR count). The number of aliphatic hydroxyl groups is 1. The standard InChI is InChI=1S/C6H5F9O/c1-3(8,9)6(14,15)4(10,11)2(7)5(12,13)16/h2,16H,1H3. The minimum Gasteiger partial charge on any atom is -0.334 e. The van der Waals surface area contributed by atoms with Gasteiger partial charge in [0.2, 0.25) is 0 Å². The first kappa shape index (κ1) is 15.3. The summed E-state index contributed by atoms with van der Waals surface area (Å²) in [5.74, 6) is -18.2. The van der Waals surface area contributed by atoms with Gasteiger partial charge in [0.15, 0.2) is 0 Å². The molecule has 0 radical (unpaired) electrons. The molecule has 1 N–H and O–H groups in total. The molecule has 0 aromatic rings. The highest BCUT2D eigenvalue weighted by molar-refractivity contribution is 5.00. The molecule has 0 amide bonds. The molecular formula is C6H5F9O. The van der Waals surface area contributed by atoms with Crippen molar-refractivity contribution in [2.45, 2.75) is 37.0 Å². The Balaban J connectivity index is 5.37. The second-order valence-electron chi connectivity index (χ2n) is 3.04. The molecule has 0 aliphatic carbocycles. The second-order valence-corrected chi connectivity index (χ2v) is 3.04. The van der Waals surface area contributed by atoms with E-state index in [2.05, 4.69) is 0 Å². The smallest absolute Gasteiger partial charge is 0.334 e. The van der Waals surface area contributed by atoms with Crippen LogP contribution in [0.25, 0.3) is 0 Å². The highest BCUT2D eigenvalue weighted by atomic mass is 19.4. The van der Waals surface area contributed by atoms with Crippen LogP contribution in [0.3, 0.4) is 0 Å². The van der Waals surface area contributed by atoms with Crippen LogP contribution in [0.1, 0.15) is 6.92 Å². The maximum atomic E-state index is 12.3. The van der Waals surface area contributed by atoms with E-state index >= 15 is 0 Å². The Morgan fingerprint density at radius 1 is 0.875 bits per heavy atom. The molecule has 0 spiro atoms. The van der Waals surface area contributed by atoms with Crippen molar-refractivity contribution in [1.82, 2.24) is 0 Å². The lowest BCUT2D eigenvalue weighted by Gasteiger charge is -2.33. The van der Waals surface area contributed by atoms with E-state index in [4.69, 9.17) is 5.11 Å². The number of hydrogen-bond donors (Lipinski definition) is 1. The quantitative estimate of drug-likeness (QED) is 0.774. The lowest BCUT2D eigenvalue weighted by molar-refractivity contribution is -0.365. The molecule has 0 bridgehead atoms. The van der Waals surface area contributed by atoms with Crippen LogP contribution in [0.2, 0.25) is 0 Å². The lowest BCUT2D eigenvalue weighted by atomic mass is 10.0. The molecule has 0 saturated heterocycles. The molecule has 1 unspecified atom stereocenters. The van der Waals surface area contributed by atoms with Crippen LogP contribution >= 0.6 is 0 Å². The molecular weight excluding hydrogens is 259 g/mol. The molecule has 0 aromatic carbocycles. The van der Waals surface area contributed by atoms with E-state index in [0.29, 0.717) is 0 Å². The van der Waals surface area contributed by atoms with E-state index < -0.39 is 37.0 Å². The third-order valence-electron chi connectivity index (χ3n) is 1.59. The van der Waals surface area contributed by atoms with E-state index in [1.165, 1.54) is 0 Å². The monoisotopic (exact) mass is 264 g/mol. The van der Waals surface area contributed by atoms with Gasteiger partial charge in [-0.05, 0) is 0 Å². The Bertz CT molecular complexity index is 250. The Kier molecular flexibility index (Phi) is 3.52. The number of hydrogen-bond acceptors (Lipinski definition) is 1. The summed E-state index contributed by atoms with van der Waals surface area (Å²) in [5, 5.41) is 7.48. The van der Waals surface area contributed by atoms with Crippen LogP contribution < -0.4 is 0 Å². The normalized spacial score (nSPS) is 17.4. The second kappa shape index (κ2) is 3.67. The van der Waals surface area contributed by atoms with Gasteiger partial charge in [-0.25, -0.2) is 4.39 Å². The van der Waals surface area contributed by atoms with Crippen molar-refractivity contribution in [3.63, 3.8) is 0 Å². The molecule has 0 saturated carbocycles. The molecule has 0 aromatic heterocycles. The molecule has 0 aliphatic rings. The van der Waals surface area contributed by atoms with Crippen LogP contribution in [0.15, 0.2) is 0 Å². The van der Waals surface area contributed by atoms with Crippen LogP contribution in [0.5, 0.6) is 0 Å². The molecule has 1 nitrogen and oxygen atoms in total. The lowest BCUT2D eigenvalue weighted by Crippen LogP contribution is -2.61. The summed E-state index contributed by atoms with van der Waals surface area (Å²) >= 11 is 0. The van der Waals surface area contributed by atoms with Crippen LogP contribution in [-0.4, -0.2) is 35.2 Å². The van der Waals surface area contributed by atoms with Crippen LogP contribution in [-0.2, 0) is 0 Å². The summed E-state index contributed by atoms with van der Waals surface area (Å²) in [6.07, 6.45) is -11.0. The number of halogens is 9. The first-order valence-electron chi connectivity index (χ1n) is 3.53. The summed E-state index contributed by atoms with van der Waals surface area (Å²) in [7, 11) is 0. The topological polar surface area (TPSA) is 20.2 Å². The van der Waals surface area contributed by atoms with E-state index in [1.807, 2.05) is 0 Å². The van der Waals surface area contributed by atoms with Crippen molar-refractivity contribution in [2.75, 3.05) is 0 Å². The van der Waals surface area contributed by atoms with Gasteiger partial charge in [0.05, 0.1) is 0 Å². The van der Waals surface area contributed by atoms with Gasteiger partial charge in [-0.15, -0.1) is 0 Å². The SMILES string of the molecule is CC(F)(F)C(F)(F)C(F)(F)C(F)C(O)(F)F. The Hall–Kier alpha value is -0.670. The summed E-state index contributed by atoms with van der Waals surface area (Å²) in [5.41, 5.74) is 0. The van der Waals surface area contributed by atoms with Crippen LogP contribution in [0.4, 0.5) is 39.5 Å². The van der Waals surface area contributed by atoms with Gasteiger partial charge in [0, 0.05) is 6.92 Å². The molecule has 0 aliphatic heterocycles. The molecule has 1 atom stereocenters. The maximum absolute atomic E-state index is 12.3. The first-order valence-corrected chi connectivity index (χ1v) is 3.53. The first-order chi connectivity index (χ1) is 6.65. The molecule has 16 heavy (non-hydrogen) atoms.